The van der Waals surface area contributed by atoms with Crippen molar-refractivity contribution in [3.8, 4) is 0 Å². The van der Waals surface area contributed by atoms with Gasteiger partial charge in [0.1, 0.15) is 0 Å². The van der Waals surface area contributed by atoms with Crippen LogP contribution in [0.3, 0.4) is 0 Å². The molecule has 1 aromatic rings. The minimum Gasteiger partial charge on any atom is -0.385 e. The number of nitrogens with zero attached hydrogens (tertiary/aromatic N) is 1. The zero-order valence-electron chi connectivity index (χ0n) is 11.6. The van der Waals surface area contributed by atoms with E-state index in [1.165, 1.54) is 17.1 Å². The summed E-state index contributed by atoms with van der Waals surface area (Å²) in [6.45, 7) is 2.30. The van der Waals surface area contributed by atoms with Gasteiger partial charge in [0.2, 0.25) is 0 Å². The molecule has 1 amide bonds. The van der Waals surface area contributed by atoms with E-state index in [1.807, 2.05) is 6.92 Å². The van der Waals surface area contributed by atoms with E-state index < -0.39 is 17.6 Å². The summed E-state index contributed by atoms with van der Waals surface area (Å²) >= 11 is 0. The maximum Gasteiger partial charge on any atom is 0.418 e. The molecule has 2 N–H and O–H groups in total. The first-order valence-electron chi connectivity index (χ1n) is 6.19. The normalized spacial score (nSPS) is 11.6. The van der Waals surface area contributed by atoms with Gasteiger partial charge in [-0.15, -0.1) is 0 Å². The van der Waals surface area contributed by atoms with Crippen LogP contribution in [-0.4, -0.2) is 31.6 Å². The van der Waals surface area contributed by atoms with E-state index in [-0.39, 0.29) is 11.3 Å². The van der Waals surface area contributed by atoms with Crippen molar-refractivity contribution < 1.29 is 18.0 Å². The fraction of sp³-hybridized carbons (Fsp3) is 0.462. The number of benzene rings is 1. The van der Waals surface area contributed by atoms with Gasteiger partial charge in [-0.05, 0) is 24.6 Å². The van der Waals surface area contributed by atoms with Gasteiger partial charge in [-0.1, -0.05) is 6.92 Å². The highest BCUT2D eigenvalue weighted by Gasteiger charge is 2.34. The van der Waals surface area contributed by atoms with Crippen LogP contribution in [0.4, 0.5) is 18.9 Å². The molecule has 0 unspecified atom stereocenters. The molecule has 0 heterocycles. The van der Waals surface area contributed by atoms with Crippen molar-refractivity contribution in [3.05, 3.63) is 29.3 Å². The second kappa shape index (κ2) is 6.60. The Morgan fingerprint density at radius 1 is 1.30 bits per heavy atom. The topological polar surface area (TPSA) is 44.4 Å². The average Bonchev–Trinajstić information content (AvgIpc) is 2.34. The van der Waals surface area contributed by atoms with Crippen molar-refractivity contribution >= 4 is 11.6 Å². The summed E-state index contributed by atoms with van der Waals surface area (Å²) < 4.78 is 39.0. The molecule has 0 aliphatic rings. The molecule has 0 aliphatic carbocycles. The zero-order valence-corrected chi connectivity index (χ0v) is 11.6. The van der Waals surface area contributed by atoms with Gasteiger partial charge >= 0.3 is 6.18 Å². The number of hydrazine groups is 1. The predicted molar refractivity (Wildman–Crippen MR) is 71.4 cm³/mol. The quantitative estimate of drug-likeness (QED) is 0.819. The lowest BCUT2D eigenvalue weighted by atomic mass is 10.1. The number of anilines is 1. The number of rotatable bonds is 5. The minimum absolute atomic E-state index is 0.0132. The minimum atomic E-state index is -4.51. The SMILES string of the molecule is CCCNc1ccc(C(=O)NN(C)C)cc1C(F)(F)F. The predicted octanol–water partition coefficient (Wildman–Crippen LogP) is 2.73. The van der Waals surface area contributed by atoms with Gasteiger partial charge in [-0.3, -0.25) is 10.2 Å². The first kappa shape index (κ1) is 16.3. The Balaban J connectivity index is 3.11. The van der Waals surface area contributed by atoms with Crippen molar-refractivity contribution in [3.63, 3.8) is 0 Å². The van der Waals surface area contributed by atoms with Crippen LogP contribution < -0.4 is 10.7 Å². The van der Waals surface area contributed by atoms with E-state index >= 15 is 0 Å². The Morgan fingerprint density at radius 3 is 2.45 bits per heavy atom. The first-order chi connectivity index (χ1) is 9.25. The smallest absolute Gasteiger partial charge is 0.385 e. The molecule has 0 aliphatic heterocycles. The van der Waals surface area contributed by atoms with Gasteiger partial charge in [0, 0.05) is 31.9 Å². The molecule has 0 atom stereocenters. The highest BCUT2D eigenvalue weighted by atomic mass is 19.4. The lowest BCUT2D eigenvalue weighted by Crippen LogP contribution is -2.36. The third-order valence-electron chi connectivity index (χ3n) is 2.48. The van der Waals surface area contributed by atoms with E-state index in [4.69, 9.17) is 0 Å². The Hall–Kier alpha value is -1.76. The highest BCUT2D eigenvalue weighted by molar-refractivity contribution is 5.94. The molecule has 0 bridgehead atoms. The Morgan fingerprint density at radius 2 is 1.95 bits per heavy atom. The van der Waals surface area contributed by atoms with Gasteiger partial charge in [0.15, 0.2) is 0 Å². The van der Waals surface area contributed by atoms with E-state index in [0.29, 0.717) is 13.0 Å². The van der Waals surface area contributed by atoms with Crippen molar-refractivity contribution in [2.45, 2.75) is 19.5 Å². The molecule has 1 rings (SSSR count). The van der Waals surface area contributed by atoms with Crippen molar-refractivity contribution in [1.29, 1.82) is 0 Å². The summed E-state index contributed by atoms with van der Waals surface area (Å²) in [6.07, 6.45) is -3.80. The largest absolute Gasteiger partial charge is 0.418 e. The van der Waals surface area contributed by atoms with E-state index in [2.05, 4.69) is 10.7 Å². The number of carbonyl (C=O) groups is 1. The number of hydrogen-bond acceptors (Lipinski definition) is 3. The molecule has 0 saturated heterocycles. The van der Waals surface area contributed by atoms with Gasteiger partial charge < -0.3 is 5.32 Å². The second-order valence-electron chi connectivity index (χ2n) is 4.52. The number of hydrogen-bond donors (Lipinski definition) is 2. The average molecular weight is 289 g/mol. The lowest BCUT2D eigenvalue weighted by Gasteiger charge is -2.17. The van der Waals surface area contributed by atoms with E-state index in [0.717, 1.165) is 6.07 Å². The standard InChI is InChI=1S/C13H18F3N3O/c1-4-7-17-11-6-5-9(12(20)18-19(2)3)8-10(11)13(14,15)16/h5-6,8,17H,4,7H2,1-3H3,(H,18,20). The Bertz CT molecular complexity index is 472. The van der Waals surface area contributed by atoms with Crippen molar-refractivity contribution in [2.75, 3.05) is 26.0 Å². The summed E-state index contributed by atoms with van der Waals surface area (Å²) in [5.74, 6) is -0.581. The maximum atomic E-state index is 13.0. The zero-order chi connectivity index (χ0) is 15.3. The van der Waals surface area contributed by atoms with Gasteiger partial charge in [-0.2, -0.15) is 13.2 Å². The van der Waals surface area contributed by atoms with Crippen LogP contribution >= 0.6 is 0 Å². The third-order valence-corrected chi connectivity index (χ3v) is 2.48. The molecule has 0 spiro atoms. The first-order valence-corrected chi connectivity index (χ1v) is 6.19. The van der Waals surface area contributed by atoms with Crippen LogP contribution in [0.2, 0.25) is 0 Å². The fourth-order valence-corrected chi connectivity index (χ4v) is 1.60. The highest BCUT2D eigenvalue weighted by Crippen LogP contribution is 2.35. The van der Waals surface area contributed by atoms with E-state index in [9.17, 15) is 18.0 Å². The van der Waals surface area contributed by atoms with E-state index in [1.54, 1.807) is 14.1 Å². The molecule has 0 radical (unpaired) electrons. The molecule has 4 nitrogen and oxygen atoms in total. The third kappa shape index (κ3) is 4.41. The summed E-state index contributed by atoms with van der Waals surface area (Å²) in [6, 6.07) is 3.51. The monoisotopic (exact) mass is 289 g/mol. The number of alkyl halides is 3. The molecule has 1 aromatic carbocycles. The molecule has 112 valence electrons. The summed E-state index contributed by atoms with van der Waals surface area (Å²) in [5, 5.41) is 4.09. The summed E-state index contributed by atoms with van der Waals surface area (Å²) in [4.78, 5) is 11.7. The fourth-order valence-electron chi connectivity index (χ4n) is 1.60. The molecular weight excluding hydrogens is 271 g/mol. The Kier molecular flexibility index (Phi) is 5.38. The molecule has 0 aromatic heterocycles. The van der Waals surface area contributed by atoms with Crippen LogP contribution in [0, 0.1) is 0 Å². The number of amides is 1. The van der Waals surface area contributed by atoms with Crippen LogP contribution in [0.15, 0.2) is 18.2 Å². The molecular formula is C13H18F3N3O. The summed E-state index contributed by atoms with van der Waals surface area (Å²) in [7, 11) is 3.17. The number of carbonyl (C=O) groups excluding carboxylic acids is 1. The molecule has 20 heavy (non-hydrogen) atoms. The summed E-state index contributed by atoms with van der Waals surface area (Å²) in [5.41, 5.74) is 1.52. The van der Waals surface area contributed by atoms with Crippen LogP contribution in [0.1, 0.15) is 29.3 Å². The van der Waals surface area contributed by atoms with Gasteiger partial charge in [0.05, 0.1) is 5.56 Å². The van der Waals surface area contributed by atoms with Crippen molar-refractivity contribution in [1.82, 2.24) is 10.4 Å². The second-order valence-corrected chi connectivity index (χ2v) is 4.52. The number of halogens is 3. The van der Waals surface area contributed by atoms with Crippen LogP contribution in [0.25, 0.3) is 0 Å². The van der Waals surface area contributed by atoms with Gasteiger partial charge in [-0.25, -0.2) is 5.01 Å². The maximum absolute atomic E-state index is 13.0. The van der Waals surface area contributed by atoms with Crippen LogP contribution in [-0.2, 0) is 6.18 Å². The molecule has 7 heteroatoms. The Labute approximate surface area is 115 Å². The molecule has 0 saturated carbocycles. The van der Waals surface area contributed by atoms with Crippen LogP contribution in [0.5, 0.6) is 0 Å². The lowest BCUT2D eigenvalue weighted by molar-refractivity contribution is -0.137. The number of nitrogens with one attached hydrogen (secondary N) is 2. The van der Waals surface area contributed by atoms with Crippen molar-refractivity contribution in [2.24, 2.45) is 0 Å². The van der Waals surface area contributed by atoms with Gasteiger partial charge in [0.25, 0.3) is 5.91 Å². The molecule has 0 fully saturated rings.